The molecule has 1 aromatic carbocycles. The van der Waals surface area contributed by atoms with Crippen LogP contribution in [-0.2, 0) is 6.54 Å². The standard InChI is InChI=1S/C12H13ClN2/c1-14-8-10-7-9(4-5-11(10)13)12-3-2-6-15-12/h2-7,14-15H,8H2,1H3. The van der Waals surface area contributed by atoms with Gasteiger partial charge in [-0.25, -0.2) is 0 Å². The molecule has 2 rings (SSSR count). The first-order chi connectivity index (χ1) is 7.31. The predicted molar refractivity (Wildman–Crippen MR) is 64.0 cm³/mol. The lowest BCUT2D eigenvalue weighted by Gasteiger charge is -2.06. The van der Waals surface area contributed by atoms with Crippen molar-refractivity contribution < 1.29 is 0 Å². The van der Waals surface area contributed by atoms with Crippen LogP contribution in [0.4, 0.5) is 0 Å². The third kappa shape index (κ3) is 2.22. The van der Waals surface area contributed by atoms with Gasteiger partial charge in [0, 0.05) is 23.5 Å². The molecule has 1 heterocycles. The zero-order valence-electron chi connectivity index (χ0n) is 8.55. The van der Waals surface area contributed by atoms with Gasteiger partial charge in [-0.3, -0.25) is 0 Å². The number of H-pyrrole nitrogens is 1. The maximum atomic E-state index is 6.09. The summed E-state index contributed by atoms with van der Waals surface area (Å²) in [6.45, 7) is 0.785. The first kappa shape index (κ1) is 10.3. The minimum atomic E-state index is 0.785. The zero-order valence-corrected chi connectivity index (χ0v) is 9.31. The van der Waals surface area contributed by atoms with Gasteiger partial charge in [0.25, 0.3) is 0 Å². The molecule has 0 radical (unpaired) electrons. The van der Waals surface area contributed by atoms with Gasteiger partial charge in [0.15, 0.2) is 0 Å². The maximum Gasteiger partial charge on any atom is 0.0454 e. The fourth-order valence-corrected chi connectivity index (χ4v) is 1.76. The molecule has 15 heavy (non-hydrogen) atoms. The summed E-state index contributed by atoms with van der Waals surface area (Å²) in [5.41, 5.74) is 3.39. The Hall–Kier alpha value is -1.25. The Bertz CT molecular complexity index is 435. The molecule has 0 saturated carbocycles. The van der Waals surface area contributed by atoms with E-state index in [4.69, 9.17) is 11.6 Å². The molecular weight excluding hydrogens is 208 g/mol. The van der Waals surface area contributed by atoms with Crippen molar-refractivity contribution in [2.75, 3.05) is 7.05 Å². The summed E-state index contributed by atoms with van der Waals surface area (Å²) in [5.74, 6) is 0. The second kappa shape index (κ2) is 4.51. The Balaban J connectivity index is 2.38. The minimum absolute atomic E-state index is 0.785. The van der Waals surface area contributed by atoms with E-state index in [0.717, 1.165) is 28.4 Å². The molecule has 3 heteroatoms. The van der Waals surface area contributed by atoms with E-state index in [0.29, 0.717) is 0 Å². The number of aromatic amines is 1. The smallest absolute Gasteiger partial charge is 0.0454 e. The third-order valence-electron chi connectivity index (χ3n) is 2.32. The first-order valence-electron chi connectivity index (χ1n) is 4.88. The van der Waals surface area contributed by atoms with Crippen LogP contribution in [0.2, 0.25) is 5.02 Å². The topological polar surface area (TPSA) is 27.8 Å². The molecule has 1 aromatic heterocycles. The Morgan fingerprint density at radius 3 is 2.87 bits per heavy atom. The van der Waals surface area contributed by atoms with Crippen LogP contribution in [0, 0.1) is 0 Å². The molecule has 0 fully saturated rings. The summed E-state index contributed by atoms with van der Waals surface area (Å²) in [6, 6.07) is 10.1. The van der Waals surface area contributed by atoms with Crippen LogP contribution in [-0.4, -0.2) is 12.0 Å². The molecule has 0 atom stereocenters. The highest BCUT2D eigenvalue weighted by Crippen LogP contribution is 2.23. The molecule has 0 amide bonds. The lowest BCUT2D eigenvalue weighted by molar-refractivity contribution is 0.818. The van der Waals surface area contributed by atoms with Gasteiger partial charge in [-0.2, -0.15) is 0 Å². The molecule has 0 aliphatic carbocycles. The first-order valence-corrected chi connectivity index (χ1v) is 5.26. The summed E-state index contributed by atoms with van der Waals surface area (Å²) in [4.78, 5) is 3.18. The molecule has 0 bridgehead atoms. The van der Waals surface area contributed by atoms with Crippen molar-refractivity contribution in [3.05, 3.63) is 47.1 Å². The van der Waals surface area contributed by atoms with Gasteiger partial charge in [-0.05, 0) is 42.4 Å². The average Bonchev–Trinajstić information content (AvgIpc) is 2.75. The predicted octanol–water partition coefficient (Wildman–Crippen LogP) is 3.05. The van der Waals surface area contributed by atoms with Crippen LogP contribution in [0.15, 0.2) is 36.5 Å². The highest BCUT2D eigenvalue weighted by atomic mass is 35.5. The Labute approximate surface area is 94.3 Å². The Morgan fingerprint density at radius 2 is 2.20 bits per heavy atom. The summed E-state index contributed by atoms with van der Waals surface area (Å²) in [5, 5.41) is 3.91. The van der Waals surface area contributed by atoms with E-state index in [1.54, 1.807) is 0 Å². The Morgan fingerprint density at radius 1 is 1.33 bits per heavy atom. The van der Waals surface area contributed by atoms with Crippen molar-refractivity contribution in [1.82, 2.24) is 10.3 Å². The third-order valence-corrected chi connectivity index (χ3v) is 2.69. The van der Waals surface area contributed by atoms with Gasteiger partial charge in [0.2, 0.25) is 0 Å². The van der Waals surface area contributed by atoms with Crippen LogP contribution in [0.3, 0.4) is 0 Å². The fraction of sp³-hybridized carbons (Fsp3) is 0.167. The lowest BCUT2D eigenvalue weighted by Crippen LogP contribution is -2.05. The average molecular weight is 221 g/mol. The van der Waals surface area contributed by atoms with E-state index < -0.39 is 0 Å². The number of aromatic nitrogens is 1. The molecule has 2 nitrogen and oxygen atoms in total. The molecule has 0 spiro atoms. The van der Waals surface area contributed by atoms with Crippen molar-refractivity contribution >= 4 is 11.6 Å². The minimum Gasteiger partial charge on any atom is -0.361 e. The Kier molecular flexibility index (Phi) is 3.09. The molecule has 0 aliphatic rings. The van der Waals surface area contributed by atoms with Crippen LogP contribution in [0.5, 0.6) is 0 Å². The summed E-state index contributed by atoms with van der Waals surface area (Å²) in [6.07, 6.45) is 1.92. The fourth-order valence-electron chi connectivity index (χ4n) is 1.58. The van der Waals surface area contributed by atoms with Gasteiger partial charge in [-0.15, -0.1) is 0 Å². The number of hydrogen-bond donors (Lipinski definition) is 2. The molecule has 0 aliphatic heterocycles. The molecule has 0 saturated heterocycles. The SMILES string of the molecule is CNCc1cc(-c2ccc[nH]2)ccc1Cl. The zero-order chi connectivity index (χ0) is 10.7. The maximum absolute atomic E-state index is 6.09. The van der Waals surface area contributed by atoms with E-state index in [9.17, 15) is 0 Å². The highest BCUT2D eigenvalue weighted by Gasteiger charge is 2.03. The van der Waals surface area contributed by atoms with E-state index in [1.165, 1.54) is 0 Å². The lowest BCUT2D eigenvalue weighted by atomic mass is 10.1. The molecule has 2 N–H and O–H groups in total. The molecular formula is C12H13ClN2. The number of halogens is 1. The van der Waals surface area contributed by atoms with Gasteiger partial charge in [-0.1, -0.05) is 17.7 Å². The van der Waals surface area contributed by atoms with E-state index >= 15 is 0 Å². The quantitative estimate of drug-likeness (QED) is 0.818. The van der Waals surface area contributed by atoms with Crippen molar-refractivity contribution in [1.29, 1.82) is 0 Å². The van der Waals surface area contributed by atoms with Crippen molar-refractivity contribution in [2.24, 2.45) is 0 Å². The van der Waals surface area contributed by atoms with E-state index in [1.807, 2.05) is 37.5 Å². The van der Waals surface area contributed by atoms with Gasteiger partial charge in [0.05, 0.1) is 0 Å². The molecule has 2 aromatic rings. The summed E-state index contributed by atoms with van der Waals surface area (Å²) < 4.78 is 0. The molecule has 78 valence electrons. The summed E-state index contributed by atoms with van der Waals surface area (Å²) in [7, 11) is 1.91. The van der Waals surface area contributed by atoms with Crippen LogP contribution in [0.1, 0.15) is 5.56 Å². The number of nitrogens with one attached hydrogen (secondary N) is 2. The second-order valence-corrected chi connectivity index (χ2v) is 3.83. The van der Waals surface area contributed by atoms with Crippen molar-refractivity contribution in [3.63, 3.8) is 0 Å². The normalized spacial score (nSPS) is 10.5. The monoisotopic (exact) mass is 220 g/mol. The van der Waals surface area contributed by atoms with Gasteiger partial charge < -0.3 is 10.3 Å². The van der Waals surface area contributed by atoms with Gasteiger partial charge in [0.1, 0.15) is 0 Å². The van der Waals surface area contributed by atoms with Crippen LogP contribution in [0.25, 0.3) is 11.3 Å². The van der Waals surface area contributed by atoms with Crippen molar-refractivity contribution in [2.45, 2.75) is 6.54 Å². The summed E-state index contributed by atoms with van der Waals surface area (Å²) >= 11 is 6.09. The van der Waals surface area contributed by atoms with E-state index in [-0.39, 0.29) is 0 Å². The van der Waals surface area contributed by atoms with Crippen LogP contribution >= 0.6 is 11.6 Å². The number of benzene rings is 1. The number of hydrogen-bond acceptors (Lipinski definition) is 1. The largest absolute Gasteiger partial charge is 0.361 e. The second-order valence-electron chi connectivity index (χ2n) is 3.42. The van der Waals surface area contributed by atoms with Crippen LogP contribution < -0.4 is 5.32 Å². The van der Waals surface area contributed by atoms with Crippen molar-refractivity contribution in [3.8, 4) is 11.3 Å². The number of rotatable bonds is 3. The van der Waals surface area contributed by atoms with E-state index in [2.05, 4.69) is 16.4 Å². The van der Waals surface area contributed by atoms with Gasteiger partial charge >= 0.3 is 0 Å². The highest BCUT2D eigenvalue weighted by molar-refractivity contribution is 6.31. The molecule has 0 unspecified atom stereocenters.